The monoisotopic (exact) mass is 619 g/mol. The second-order valence-electron chi connectivity index (χ2n) is 9.47. The summed E-state index contributed by atoms with van der Waals surface area (Å²) < 4.78 is 34.8. The molecule has 0 aliphatic carbocycles. The van der Waals surface area contributed by atoms with Gasteiger partial charge in [0, 0.05) is 22.6 Å². The number of amides is 2. The van der Waals surface area contributed by atoms with Crippen molar-refractivity contribution in [1.29, 1.82) is 0 Å². The maximum absolute atomic E-state index is 14.1. The van der Waals surface area contributed by atoms with Crippen molar-refractivity contribution in [3.8, 4) is 5.75 Å². The van der Waals surface area contributed by atoms with Gasteiger partial charge in [0.15, 0.2) is 0 Å². The van der Waals surface area contributed by atoms with Crippen molar-refractivity contribution >= 4 is 50.7 Å². The highest BCUT2D eigenvalue weighted by atomic mass is 35.5. The standard InChI is InChI=1S/C30H35Cl2N3O5S/c1-5-21(3)33-30(37)22(4)34(19-23-11-7-8-12-26(23)32)29(36)20-35(27-13-9-10-14-28(27)40-6-2)41(38,39)25-17-15-24(31)16-18-25/h7-18,21-22H,5-6,19-20H2,1-4H3,(H,33,37)/t21-,22-/m0/s1. The Morgan fingerprint density at radius 1 is 0.927 bits per heavy atom. The van der Waals surface area contributed by atoms with Crippen LogP contribution in [0.25, 0.3) is 0 Å². The number of carbonyl (C=O) groups is 2. The van der Waals surface area contributed by atoms with Crippen molar-refractivity contribution in [2.45, 2.75) is 57.6 Å². The molecule has 0 radical (unpaired) electrons. The van der Waals surface area contributed by atoms with Crippen LogP contribution >= 0.6 is 23.2 Å². The predicted molar refractivity (Wildman–Crippen MR) is 163 cm³/mol. The lowest BCUT2D eigenvalue weighted by Crippen LogP contribution is -2.52. The van der Waals surface area contributed by atoms with Gasteiger partial charge in [-0.3, -0.25) is 13.9 Å². The number of rotatable bonds is 13. The number of hydrogen-bond donors (Lipinski definition) is 1. The zero-order valence-electron chi connectivity index (χ0n) is 23.5. The zero-order valence-corrected chi connectivity index (χ0v) is 25.8. The third-order valence-corrected chi connectivity index (χ3v) is 8.98. The average Bonchev–Trinajstić information content (AvgIpc) is 2.95. The number of hydrogen-bond acceptors (Lipinski definition) is 5. The summed E-state index contributed by atoms with van der Waals surface area (Å²) in [5.41, 5.74) is 0.805. The number of sulfonamides is 1. The molecule has 0 aliphatic heterocycles. The first-order valence-corrected chi connectivity index (χ1v) is 15.5. The summed E-state index contributed by atoms with van der Waals surface area (Å²) >= 11 is 12.4. The topological polar surface area (TPSA) is 96.0 Å². The zero-order chi connectivity index (χ0) is 30.2. The van der Waals surface area contributed by atoms with Crippen molar-refractivity contribution in [1.82, 2.24) is 10.2 Å². The van der Waals surface area contributed by atoms with Gasteiger partial charge >= 0.3 is 0 Å². The number of benzene rings is 3. The summed E-state index contributed by atoms with van der Waals surface area (Å²) in [7, 11) is -4.27. The first-order chi connectivity index (χ1) is 19.5. The fourth-order valence-electron chi connectivity index (χ4n) is 4.05. The minimum Gasteiger partial charge on any atom is -0.492 e. The van der Waals surface area contributed by atoms with E-state index in [1.807, 2.05) is 13.8 Å². The largest absolute Gasteiger partial charge is 0.492 e. The molecule has 0 aliphatic rings. The molecule has 3 aromatic carbocycles. The molecule has 0 fully saturated rings. The smallest absolute Gasteiger partial charge is 0.264 e. The maximum atomic E-state index is 14.1. The summed E-state index contributed by atoms with van der Waals surface area (Å²) in [4.78, 5) is 28.5. The highest BCUT2D eigenvalue weighted by molar-refractivity contribution is 7.92. The van der Waals surface area contributed by atoms with E-state index in [0.717, 1.165) is 4.31 Å². The van der Waals surface area contributed by atoms with Crippen molar-refractivity contribution in [3.63, 3.8) is 0 Å². The Labute approximate surface area is 252 Å². The molecular weight excluding hydrogens is 585 g/mol. The Morgan fingerprint density at radius 3 is 2.20 bits per heavy atom. The van der Waals surface area contributed by atoms with Crippen LogP contribution < -0.4 is 14.4 Å². The molecule has 0 saturated carbocycles. The third-order valence-electron chi connectivity index (χ3n) is 6.58. The van der Waals surface area contributed by atoms with Gasteiger partial charge in [0.1, 0.15) is 18.3 Å². The Hall–Kier alpha value is -3.27. The van der Waals surface area contributed by atoms with Crippen LogP contribution in [-0.2, 0) is 26.2 Å². The van der Waals surface area contributed by atoms with Crippen molar-refractivity contribution < 1.29 is 22.7 Å². The second kappa shape index (κ2) is 14.6. The summed E-state index contributed by atoms with van der Waals surface area (Å²) in [6, 6.07) is 18.2. The number of para-hydroxylation sites is 2. The molecule has 41 heavy (non-hydrogen) atoms. The maximum Gasteiger partial charge on any atom is 0.264 e. The molecule has 220 valence electrons. The first-order valence-electron chi connectivity index (χ1n) is 13.3. The van der Waals surface area contributed by atoms with Crippen molar-refractivity contribution in [2.75, 3.05) is 17.5 Å². The molecule has 0 heterocycles. The van der Waals surface area contributed by atoms with Crippen LogP contribution in [0.5, 0.6) is 5.75 Å². The Bertz CT molecular complexity index is 1450. The van der Waals surface area contributed by atoms with Crippen molar-refractivity contribution in [3.05, 3.63) is 88.4 Å². The van der Waals surface area contributed by atoms with E-state index in [4.69, 9.17) is 27.9 Å². The Morgan fingerprint density at radius 2 is 1.56 bits per heavy atom. The molecule has 0 unspecified atom stereocenters. The molecule has 2 atom stereocenters. The van der Waals surface area contributed by atoms with E-state index in [9.17, 15) is 18.0 Å². The molecule has 3 aromatic rings. The molecule has 3 rings (SSSR count). The number of carbonyl (C=O) groups excluding carboxylic acids is 2. The van der Waals surface area contributed by atoms with Gasteiger partial charge in [0.2, 0.25) is 11.8 Å². The van der Waals surface area contributed by atoms with E-state index in [0.29, 0.717) is 27.8 Å². The second-order valence-corrected chi connectivity index (χ2v) is 12.2. The van der Waals surface area contributed by atoms with E-state index < -0.39 is 28.5 Å². The molecule has 0 aromatic heterocycles. The van der Waals surface area contributed by atoms with E-state index in [1.165, 1.54) is 29.2 Å². The lowest BCUT2D eigenvalue weighted by molar-refractivity contribution is -0.139. The molecule has 0 bridgehead atoms. The average molecular weight is 621 g/mol. The molecular formula is C30H35Cl2N3O5S. The molecule has 0 spiro atoms. The summed E-state index contributed by atoms with van der Waals surface area (Å²) in [5.74, 6) is -0.664. The SMILES string of the molecule is CCOc1ccccc1N(CC(=O)N(Cc1ccccc1Cl)[C@@H](C)C(=O)N[C@@H](C)CC)S(=O)(=O)c1ccc(Cl)cc1. The predicted octanol–water partition coefficient (Wildman–Crippen LogP) is 5.92. The van der Waals surface area contributed by atoms with Gasteiger partial charge in [0.05, 0.1) is 17.2 Å². The lowest BCUT2D eigenvalue weighted by atomic mass is 10.1. The minimum atomic E-state index is -4.27. The van der Waals surface area contributed by atoms with Gasteiger partial charge in [-0.2, -0.15) is 0 Å². The van der Waals surface area contributed by atoms with E-state index in [2.05, 4.69) is 5.32 Å². The highest BCUT2D eigenvalue weighted by Crippen LogP contribution is 2.33. The van der Waals surface area contributed by atoms with Crippen LogP contribution in [-0.4, -0.2) is 50.4 Å². The van der Waals surface area contributed by atoms with Gasteiger partial charge in [-0.1, -0.05) is 60.5 Å². The van der Waals surface area contributed by atoms with Gasteiger partial charge in [-0.25, -0.2) is 8.42 Å². The third kappa shape index (κ3) is 8.15. The molecule has 2 amide bonds. The van der Waals surface area contributed by atoms with Crippen LogP contribution in [0.2, 0.25) is 10.0 Å². The molecule has 11 heteroatoms. The molecule has 8 nitrogen and oxygen atoms in total. The van der Waals surface area contributed by atoms with E-state index in [1.54, 1.807) is 62.4 Å². The fourth-order valence-corrected chi connectivity index (χ4v) is 5.79. The van der Waals surface area contributed by atoms with Gasteiger partial charge < -0.3 is 15.0 Å². The molecule has 1 N–H and O–H groups in total. The van der Waals surface area contributed by atoms with Crippen LogP contribution in [0.4, 0.5) is 5.69 Å². The number of halogens is 2. The van der Waals surface area contributed by atoms with Crippen LogP contribution in [0.1, 0.15) is 39.7 Å². The summed E-state index contributed by atoms with van der Waals surface area (Å²) in [6.45, 7) is 6.89. The first kappa shape index (κ1) is 32.2. The van der Waals surface area contributed by atoms with Gasteiger partial charge in [-0.05, 0) is 75.2 Å². The fraction of sp³-hybridized carbons (Fsp3) is 0.333. The Kier molecular flexibility index (Phi) is 11.5. The van der Waals surface area contributed by atoms with Crippen molar-refractivity contribution in [2.24, 2.45) is 0 Å². The van der Waals surface area contributed by atoms with Gasteiger partial charge in [-0.15, -0.1) is 0 Å². The van der Waals surface area contributed by atoms with Crippen LogP contribution in [0.15, 0.2) is 77.7 Å². The quantitative estimate of drug-likeness (QED) is 0.256. The number of nitrogens with one attached hydrogen (secondary N) is 1. The lowest BCUT2D eigenvalue weighted by Gasteiger charge is -2.33. The summed E-state index contributed by atoms with van der Waals surface area (Å²) in [5, 5.41) is 3.70. The number of nitrogens with zero attached hydrogens (tertiary/aromatic N) is 2. The number of anilines is 1. The van der Waals surface area contributed by atoms with Crippen LogP contribution in [0, 0.1) is 0 Å². The van der Waals surface area contributed by atoms with E-state index in [-0.39, 0.29) is 35.7 Å². The molecule has 0 saturated heterocycles. The Balaban J connectivity index is 2.09. The number of ether oxygens (including phenoxy) is 1. The van der Waals surface area contributed by atoms with E-state index >= 15 is 0 Å². The van der Waals surface area contributed by atoms with Gasteiger partial charge in [0.25, 0.3) is 10.0 Å². The van der Waals surface area contributed by atoms with Crippen LogP contribution in [0.3, 0.4) is 0 Å². The highest BCUT2D eigenvalue weighted by Gasteiger charge is 2.34. The minimum absolute atomic E-state index is 0.00443. The summed E-state index contributed by atoms with van der Waals surface area (Å²) in [6.07, 6.45) is 0.707. The normalized spacial score (nSPS) is 12.7.